The molecule has 4 aromatic rings. The monoisotopic (exact) mass is 429 g/mol. The van der Waals surface area contributed by atoms with Gasteiger partial charge in [-0.15, -0.1) is 0 Å². The van der Waals surface area contributed by atoms with Gasteiger partial charge in [0.05, 0.1) is 6.07 Å². The van der Waals surface area contributed by atoms with Crippen LogP contribution in [0.15, 0.2) is 42.9 Å². The first-order valence-electron chi connectivity index (χ1n) is 10.2. The Labute approximate surface area is 183 Å². The van der Waals surface area contributed by atoms with Gasteiger partial charge in [-0.2, -0.15) is 10.4 Å². The molecule has 1 unspecified atom stereocenters. The summed E-state index contributed by atoms with van der Waals surface area (Å²) >= 11 is 0. The van der Waals surface area contributed by atoms with E-state index in [1.54, 1.807) is 42.3 Å². The van der Waals surface area contributed by atoms with Gasteiger partial charge in [-0.3, -0.25) is 4.68 Å². The van der Waals surface area contributed by atoms with Crippen LogP contribution in [0.2, 0.25) is 0 Å². The smallest absolute Gasteiger partial charge is 0.237 e. The first-order chi connectivity index (χ1) is 15.5. The Morgan fingerprint density at radius 1 is 1.19 bits per heavy atom. The zero-order chi connectivity index (χ0) is 22.2. The van der Waals surface area contributed by atoms with Gasteiger partial charge in [-0.05, 0) is 43.0 Å². The maximum Gasteiger partial charge on any atom is 0.237 e. The lowest BCUT2D eigenvalue weighted by atomic mass is 9.98. The lowest BCUT2D eigenvalue weighted by Gasteiger charge is -2.21. The van der Waals surface area contributed by atoms with Crippen molar-refractivity contribution >= 4 is 28.1 Å². The van der Waals surface area contributed by atoms with Crippen LogP contribution in [0.5, 0.6) is 5.88 Å². The number of ether oxygens (including phenoxy) is 1. The molecule has 1 aliphatic heterocycles. The van der Waals surface area contributed by atoms with E-state index in [4.69, 9.17) is 10.00 Å². The van der Waals surface area contributed by atoms with Gasteiger partial charge >= 0.3 is 0 Å². The van der Waals surface area contributed by atoms with E-state index in [9.17, 15) is 0 Å². The molecule has 0 aliphatic carbocycles. The molecule has 4 heterocycles. The number of nitrogens with one attached hydrogen (secondary N) is 2. The number of halogens is 1. The molecule has 32 heavy (non-hydrogen) atoms. The summed E-state index contributed by atoms with van der Waals surface area (Å²) in [4.78, 5) is 8.73. The first kappa shape index (κ1) is 19.8. The third-order valence-electron chi connectivity index (χ3n) is 5.49. The third kappa shape index (κ3) is 3.46. The largest absolute Gasteiger partial charge is 0.474 e. The lowest BCUT2D eigenvalue weighted by molar-refractivity contribution is 0.310. The van der Waals surface area contributed by atoms with E-state index in [2.05, 4.69) is 31.8 Å². The van der Waals surface area contributed by atoms with Crippen LogP contribution in [-0.4, -0.2) is 32.9 Å². The van der Waals surface area contributed by atoms with E-state index in [1.807, 2.05) is 13.0 Å². The summed E-state index contributed by atoms with van der Waals surface area (Å²) in [6.07, 6.45) is 5.00. The van der Waals surface area contributed by atoms with Gasteiger partial charge in [0.25, 0.3) is 0 Å². The van der Waals surface area contributed by atoms with Crippen LogP contribution in [0.4, 0.5) is 21.7 Å². The van der Waals surface area contributed by atoms with E-state index in [0.717, 1.165) is 16.6 Å². The minimum Gasteiger partial charge on any atom is -0.474 e. The number of rotatable bonds is 4. The minimum absolute atomic E-state index is 0.342. The van der Waals surface area contributed by atoms with E-state index >= 15 is 4.39 Å². The van der Waals surface area contributed by atoms with Gasteiger partial charge in [0, 0.05) is 47.7 Å². The highest BCUT2D eigenvalue weighted by molar-refractivity contribution is 5.90. The number of aromatic nitrogens is 4. The molecule has 0 saturated carbocycles. The van der Waals surface area contributed by atoms with E-state index in [-0.39, 0.29) is 11.9 Å². The summed E-state index contributed by atoms with van der Waals surface area (Å²) in [6, 6.07) is 8.66. The summed E-state index contributed by atoms with van der Waals surface area (Å²) in [7, 11) is 0. The highest BCUT2D eigenvalue weighted by Crippen LogP contribution is 2.37. The summed E-state index contributed by atoms with van der Waals surface area (Å²) in [6.45, 7) is 4.93. The van der Waals surface area contributed by atoms with Crippen molar-refractivity contribution in [2.75, 3.05) is 23.8 Å². The molecule has 5 rings (SSSR count). The first-order valence-corrected chi connectivity index (χ1v) is 10.2. The van der Waals surface area contributed by atoms with Gasteiger partial charge in [0.15, 0.2) is 5.82 Å². The fourth-order valence-electron chi connectivity index (χ4n) is 3.74. The van der Waals surface area contributed by atoms with Crippen molar-refractivity contribution in [2.45, 2.75) is 19.9 Å². The van der Waals surface area contributed by atoms with Crippen molar-refractivity contribution in [3.05, 3.63) is 54.2 Å². The minimum atomic E-state index is -0.367. The molecular weight excluding hydrogens is 409 g/mol. The number of nitrogens with zero attached hydrogens (tertiary/aromatic N) is 5. The molecule has 2 N–H and O–H groups in total. The SMILES string of the molecule is Cc1c(-c2cc3cc(Nc4ccn(C(C)C#N)n4)ncc3cc2F)cnc2c1NCCO2. The number of anilines is 3. The predicted octanol–water partition coefficient (Wildman–Crippen LogP) is 4.57. The normalized spacial score (nSPS) is 13.6. The average Bonchev–Trinajstić information content (AvgIpc) is 3.27. The molecule has 8 nitrogen and oxygen atoms in total. The highest BCUT2D eigenvalue weighted by atomic mass is 19.1. The molecular formula is C23H20FN7O. The maximum atomic E-state index is 15.0. The van der Waals surface area contributed by atoms with Crippen LogP contribution >= 0.6 is 0 Å². The van der Waals surface area contributed by atoms with Gasteiger partial charge in [0.1, 0.15) is 30.0 Å². The number of nitriles is 1. The van der Waals surface area contributed by atoms with Crippen molar-refractivity contribution in [3.63, 3.8) is 0 Å². The summed E-state index contributed by atoms with van der Waals surface area (Å²) in [5.41, 5.74) is 2.85. The quantitative estimate of drug-likeness (QED) is 0.490. The van der Waals surface area contributed by atoms with Crippen molar-refractivity contribution < 1.29 is 9.13 Å². The zero-order valence-corrected chi connectivity index (χ0v) is 17.6. The summed E-state index contributed by atoms with van der Waals surface area (Å²) in [5.74, 6) is 1.34. The number of fused-ring (bicyclic) bond motifs is 2. The predicted molar refractivity (Wildman–Crippen MR) is 119 cm³/mol. The Balaban J connectivity index is 1.51. The number of benzene rings is 1. The Kier molecular flexibility index (Phi) is 4.82. The van der Waals surface area contributed by atoms with Crippen LogP contribution in [0.1, 0.15) is 18.5 Å². The Bertz CT molecular complexity index is 1380. The summed E-state index contributed by atoms with van der Waals surface area (Å²) < 4.78 is 22.2. The average molecular weight is 429 g/mol. The Morgan fingerprint density at radius 3 is 2.91 bits per heavy atom. The van der Waals surface area contributed by atoms with E-state index in [0.29, 0.717) is 47.2 Å². The molecule has 0 saturated heterocycles. The second kappa shape index (κ2) is 7.81. The Morgan fingerprint density at radius 2 is 2.06 bits per heavy atom. The number of pyridine rings is 2. The fraction of sp³-hybridized carbons (Fsp3) is 0.217. The molecule has 160 valence electrons. The Hall–Kier alpha value is -4.19. The molecule has 1 aromatic carbocycles. The zero-order valence-electron chi connectivity index (χ0n) is 17.6. The van der Waals surface area contributed by atoms with Crippen molar-refractivity contribution in [1.82, 2.24) is 19.7 Å². The molecule has 9 heteroatoms. The van der Waals surface area contributed by atoms with E-state index in [1.165, 1.54) is 6.07 Å². The molecule has 0 spiro atoms. The van der Waals surface area contributed by atoms with Crippen LogP contribution in [0, 0.1) is 24.1 Å². The topological polar surface area (TPSA) is 101 Å². The molecule has 0 radical (unpaired) electrons. The molecule has 1 aliphatic rings. The van der Waals surface area contributed by atoms with Crippen molar-refractivity contribution in [2.24, 2.45) is 0 Å². The van der Waals surface area contributed by atoms with E-state index < -0.39 is 0 Å². The second-order valence-corrected chi connectivity index (χ2v) is 7.61. The van der Waals surface area contributed by atoms with Crippen LogP contribution in [0.25, 0.3) is 21.9 Å². The van der Waals surface area contributed by atoms with Gasteiger partial charge < -0.3 is 15.4 Å². The van der Waals surface area contributed by atoms with Crippen LogP contribution in [0.3, 0.4) is 0 Å². The highest BCUT2D eigenvalue weighted by Gasteiger charge is 2.19. The van der Waals surface area contributed by atoms with Crippen molar-refractivity contribution in [3.8, 4) is 23.1 Å². The molecule has 0 bridgehead atoms. The maximum absolute atomic E-state index is 15.0. The van der Waals surface area contributed by atoms with Crippen molar-refractivity contribution in [1.29, 1.82) is 5.26 Å². The van der Waals surface area contributed by atoms with Crippen LogP contribution < -0.4 is 15.4 Å². The standard InChI is InChI=1S/C23H20FN7O/c1-13(10-25)31-5-3-20(30-31)29-21-9-15-7-17(19(24)8-16(15)11-27-21)18-12-28-23-22(14(18)2)26-4-6-32-23/h3,5,7-9,11-13,26H,4,6H2,1-2H3,(H,27,29,30). The van der Waals surface area contributed by atoms with Gasteiger partial charge in [0.2, 0.25) is 5.88 Å². The summed E-state index contributed by atoms with van der Waals surface area (Å²) in [5, 5.41) is 21.3. The van der Waals surface area contributed by atoms with Gasteiger partial charge in [-0.25, -0.2) is 14.4 Å². The second-order valence-electron chi connectivity index (χ2n) is 7.61. The molecule has 0 fully saturated rings. The third-order valence-corrected chi connectivity index (χ3v) is 5.49. The lowest BCUT2D eigenvalue weighted by Crippen LogP contribution is -2.20. The fourth-order valence-corrected chi connectivity index (χ4v) is 3.74. The van der Waals surface area contributed by atoms with Crippen LogP contribution in [-0.2, 0) is 0 Å². The number of hydrogen-bond acceptors (Lipinski definition) is 7. The molecule has 3 aromatic heterocycles. The molecule has 0 amide bonds. The molecule has 1 atom stereocenters. The van der Waals surface area contributed by atoms with Gasteiger partial charge in [-0.1, -0.05) is 0 Å². The number of hydrogen-bond donors (Lipinski definition) is 2.